The predicted octanol–water partition coefficient (Wildman–Crippen LogP) is 2.90. The average Bonchev–Trinajstić information content (AvgIpc) is 2.56. The molecule has 102 valence electrons. The molecule has 19 heavy (non-hydrogen) atoms. The number of rotatable bonds is 3. The molecule has 0 fully saturated rings. The van der Waals surface area contributed by atoms with E-state index in [0.717, 1.165) is 10.0 Å². The zero-order chi connectivity index (χ0) is 14.2. The Morgan fingerprint density at radius 2 is 1.89 bits per heavy atom. The van der Waals surface area contributed by atoms with Crippen LogP contribution in [-0.4, -0.2) is 18.6 Å². The fourth-order valence-electron chi connectivity index (χ4n) is 1.94. The summed E-state index contributed by atoms with van der Waals surface area (Å²) in [5, 5.41) is 6.58. The quantitative estimate of drug-likeness (QED) is 0.899. The Balaban J connectivity index is 2.42. The highest BCUT2D eigenvalue weighted by molar-refractivity contribution is 9.10. The molecule has 0 aliphatic rings. The second-order valence-corrected chi connectivity index (χ2v) is 6.92. The van der Waals surface area contributed by atoms with Crippen LogP contribution in [-0.2, 0) is 10.0 Å². The lowest BCUT2D eigenvalue weighted by Gasteiger charge is -2.09. The van der Waals surface area contributed by atoms with Gasteiger partial charge in [0.1, 0.15) is 4.90 Å². The van der Waals surface area contributed by atoms with Crippen LogP contribution in [0.25, 0.3) is 0 Å². The van der Waals surface area contributed by atoms with Gasteiger partial charge in [0.25, 0.3) is 10.0 Å². The third-order valence-electron chi connectivity index (χ3n) is 2.62. The summed E-state index contributed by atoms with van der Waals surface area (Å²) in [6, 6.07) is 5.40. The third-order valence-corrected chi connectivity index (χ3v) is 4.72. The Labute approximate surface area is 120 Å². The smallest absolute Gasteiger partial charge is 0.265 e. The largest absolute Gasteiger partial charge is 0.281 e. The summed E-state index contributed by atoms with van der Waals surface area (Å²) < 4.78 is 28.1. The van der Waals surface area contributed by atoms with E-state index in [-0.39, 0.29) is 4.90 Å². The first-order valence-electron chi connectivity index (χ1n) is 5.61. The highest BCUT2D eigenvalue weighted by Crippen LogP contribution is 2.24. The van der Waals surface area contributed by atoms with Crippen molar-refractivity contribution in [1.82, 2.24) is 10.2 Å². The number of hydrogen-bond donors (Lipinski definition) is 2. The minimum absolute atomic E-state index is 0.199. The van der Waals surface area contributed by atoms with Crippen LogP contribution in [0.5, 0.6) is 0 Å². The van der Waals surface area contributed by atoms with E-state index in [1.165, 1.54) is 0 Å². The van der Waals surface area contributed by atoms with Crippen LogP contribution in [0.4, 0.5) is 5.69 Å². The van der Waals surface area contributed by atoms with Gasteiger partial charge in [0.2, 0.25) is 0 Å². The van der Waals surface area contributed by atoms with Crippen molar-refractivity contribution in [3.63, 3.8) is 0 Å². The molecular formula is C12H14BrN3O2S. The van der Waals surface area contributed by atoms with Gasteiger partial charge < -0.3 is 0 Å². The molecule has 0 radical (unpaired) electrons. The van der Waals surface area contributed by atoms with Crippen molar-refractivity contribution in [2.45, 2.75) is 25.7 Å². The van der Waals surface area contributed by atoms with E-state index in [1.807, 2.05) is 13.0 Å². The molecule has 2 N–H and O–H groups in total. The summed E-state index contributed by atoms with van der Waals surface area (Å²) in [6.07, 6.45) is 0. The summed E-state index contributed by atoms with van der Waals surface area (Å²) in [5.41, 5.74) is 2.47. The Bertz CT molecular complexity index is 683. The molecule has 0 spiro atoms. The lowest BCUT2D eigenvalue weighted by atomic mass is 10.2. The van der Waals surface area contributed by atoms with Crippen molar-refractivity contribution in [3.8, 4) is 0 Å². The maximum Gasteiger partial charge on any atom is 0.265 e. The van der Waals surface area contributed by atoms with Crippen LogP contribution in [0, 0.1) is 20.8 Å². The fraction of sp³-hybridized carbons (Fsp3) is 0.250. The molecule has 7 heteroatoms. The number of halogens is 1. The van der Waals surface area contributed by atoms with E-state index < -0.39 is 10.0 Å². The van der Waals surface area contributed by atoms with E-state index in [1.54, 1.807) is 26.0 Å². The zero-order valence-electron chi connectivity index (χ0n) is 10.8. The van der Waals surface area contributed by atoms with Gasteiger partial charge in [0.15, 0.2) is 0 Å². The van der Waals surface area contributed by atoms with Crippen molar-refractivity contribution in [2.75, 3.05) is 4.72 Å². The number of sulfonamides is 1. The normalized spacial score (nSPS) is 11.6. The molecule has 0 unspecified atom stereocenters. The van der Waals surface area contributed by atoms with Gasteiger partial charge in [-0.15, -0.1) is 0 Å². The van der Waals surface area contributed by atoms with Crippen LogP contribution >= 0.6 is 15.9 Å². The molecule has 1 aromatic carbocycles. The average molecular weight is 344 g/mol. The molecule has 0 amide bonds. The lowest BCUT2D eigenvalue weighted by molar-refractivity contribution is 0.600. The van der Waals surface area contributed by atoms with E-state index in [2.05, 4.69) is 30.8 Å². The van der Waals surface area contributed by atoms with Gasteiger partial charge in [-0.1, -0.05) is 15.9 Å². The first-order chi connectivity index (χ1) is 8.79. The number of nitrogens with zero attached hydrogens (tertiary/aromatic N) is 1. The first-order valence-corrected chi connectivity index (χ1v) is 7.89. The van der Waals surface area contributed by atoms with E-state index >= 15 is 0 Å². The molecule has 0 bridgehead atoms. The Kier molecular flexibility index (Phi) is 3.69. The maximum atomic E-state index is 12.3. The van der Waals surface area contributed by atoms with Gasteiger partial charge in [0, 0.05) is 4.47 Å². The van der Waals surface area contributed by atoms with Crippen molar-refractivity contribution >= 4 is 31.6 Å². The van der Waals surface area contributed by atoms with Crippen molar-refractivity contribution in [1.29, 1.82) is 0 Å². The van der Waals surface area contributed by atoms with Gasteiger partial charge >= 0.3 is 0 Å². The topological polar surface area (TPSA) is 74.8 Å². The van der Waals surface area contributed by atoms with Crippen molar-refractivity contribution < 1.29 is 8.42 Å². The van der Waals surface area contributed by atoms with Crippen molar-refractivity contribution in [2.24, 2.45) is 0 Å². The Morgan fingerprint density at radius 3 is 2.42 bits per heavy atom. The summed E-state index contributed by atoms with van der Waals surface area (Å²) >= 11 is 3.34. The molecule has 2 aromatic rings. The number of aromatic nitrogens is 2. The molecule has 2 rings (SSSR count). The summed E-state index contributed by atoms with van der Waals surface area (Å²) in [7, 11) is -3.63. The molecule has 0 atom stereocenters. The molecule has 0 aliphatic heterocycles. The number of hydrogen-bond acceptors (Lipinski definition) is 3. The van der Waals surface area contributed by atoms with Gasteiger partial charge in [0.05, 0.1) is 17.1 Å². The molecule has 0 aliphatic carbocycles. The van der Waals surface area contributed by atoms with Crippen LogP contribution in [0.15, 0.2) is 27.6 Å². The highest BCUT2D eigenvalue weighted by Gasteiger charge is 2.22. The summed E-state index contributed by atoms with van der Waals surface area (Å²) in [4.78, 5) is 0.199. The molecular weight excluding hydrogens is 330 g/mol. The van der Waals surface area contributed by atoms with Gasteiger partial charge in [-0.05, 0) is 44.5 Å². The van der Waals surface area contributed by atoms with E-state index in [0.29, 0.717) is 17.1 Å². The summed E-state index contributed by atoms with van der Waals surface area (Å²) in [5.74, 6) is 0. The molecule has 1 heterocycles. The number of benzene rings is 1. The van der Waals surface area contributed by atoms with Gasteiger partial charge in [-0.25, -0.2) is 8.42 Å². The van der Waals surface area contributed by atoms with Gasteiger partial charge in [-0.3, -0.25) is 9.82 Å². The van der Waals surface area contributed by atoms with E-state index in [4.69, 9.17) is 0 Å². The second-order valence-electron chi connectivity index (χ2n) is 4.39. The van der Waals surface area contributed by atoms with Crippen molar-refractivity contribution in [3.05, 3.63) is 39.6 Å². The molecule has 0 saturated carbocycles. The standard InChI is InChI=1S/C12H14BrN3O2S/c1-7-4-10(13)6-11(5-7)16-19(17,18)12-8(2)14-15-9(12)3/h4-6,16H,1-3H3,(H,14,15). The minimum atomic E-state index is -3.63. The molecule has 1 aromatic heterocycles. The Morgan fingerprint density at radius 1 is 1.21 bits per heavy atom. The molecule has 5 nitrogen and oxygen atoms in total. The van der Waals surface area contributed by atoms with Crippen LogP contribution in [0.2, 0.25) is 0 Å². The van der Waals surface area contributed by atoms with E-state index in [9.17, 15) is 8.42 Å². The van der Waals surface area contributed by atoms with Crippen LogP contribution in [0.1, 0.15) is 17.0 Å². The monoisotopic (exact) mass is 343 g/mol. The fourth-order valence-corrected chi connectivity index (χ4v) is 3.96. The summed E-state index contributed by atoms with van der Waals surface area (Å²) in [6.45, 7) is 5.24. The molecule has 0 saturated heterocycles. The highest BCUT2D eigenvalue weighted by atomic mass is 79.9. The number of anilines is 1. The maximum absolute atomic E-state index is 12.3. The SMILES string of the molecule is Cc1cc(Br)cc(NS(=O)(=O)c2c(C)n[nH]c2C)c1. The lowest BCUT2D eigenvalue weighted by Crippen LogP contribution is -2.14. The number of H-pyrrole nitrogens is 1. The predicted molar refractivity (Wildman–Crippen MR) is 77.7 cm³/mol. The van der Waals surface area contributed by atoms with Crippen LogP contribution < -0.4 is 4.72 Å². The number of nitrogens with one attached hydrogen (secondary N) is 2. The van der Waals surface area contributed by atoms with Crippen LogP contribution in [0.3, 0.4) is 0 Å². The number of aryl methyl sites for hydroxylation is 3. The van der Waals surface area contributed by atoms with Gasteiger partial charge in [-0.2, -0.15) is 5.10 Å². The zero-order valence-corrected chi connectivity index (χ0v) is 13.2. The third kappa shape index (κ3) is 2.98. The second kappa shape index (κ2) is 4.97. The first kappa shape index (κ1) is 14.1. The Hall–Kier alpha value is -1.34. The minimum Gasteiger partial charge on any atom is -0.281 e. The number of aromatic amines is 1.